The average molecular weight is 408 g/mol. The first-order chi connectivity index (χ1) is 14.0. The standard InChI is InChI=1S/C22H20N2O4S/c25-21(14-15-23-29(26,27)16-8-2-1-3-9-16)24-22-17-10-4-6-12-19(17)28-20-13-7-5-11-18(20)22/h1-13,22-23H,14-15H2,(H,24,25). The molecule has 7 heteroatoms. The quantitative estimate of drug-likeness (QED) is 0.655. The van der Waals surface area contributed by atoms with Crippen LogP contribution in [0.15, 0.2) is 83.8 Å². The van der Waals surface area contributed by atoms with Crippen molar-refractivity contribution in [2.24, 2.45) is 0 Å². The molecule has 0 saturated carbocycles. The molecule has 1 amide bonds. The third-order valence-corrected chi connectivity index (χ3v) is 6.16. The van der Waals surface area contributed by atoms with Crippen LogP contribution >= 0.6 is 0 Å². The number of ether oxygens (including phenoxy) is 1. The minimum absolute atomic E-state index is 0.00950. The lowest BCUT2D eigenvalue weighted by atomic mass is 9.94. The van der Waals surface area contributed by atoms with Gasteiger partial charge in [-0.3, -0.25) is 4.79 Å². The van der Waals surface area contributed by atoms with Crippen molar-refractivity contribution in [1.29, 1.82) is 0 Å². The Kier molecular flexibility index (Phi) is 5.33. The molecule has 0 radical (unpaired) electrons. The number of para-hydroxylation sites is 2. The topological polar surface area (TPSA) is 84.5 Å². The number of hydrogen-bond acceptors (Lipinski definition) is 4. The summed E-state index contributed by atoms with van der Waals surface area (Å²) < 4.78 is 32.9. The van der Waals surface area contributed by atoms with Crippen LogP contribution in [-0.2, 0) is 14.8 Å². The van der Waals surface area contributed by atoms with Crippen molar-refractivity contribution in [2.45, 2.75) is 17.4 Å². The Morgan fingerprint density at radius 2 is 1.38 bits per heavy atom. The molecule has 0 fully saturated rings. The fraction of sp³-hybridized carbons (Fsp3) is 0.136. The molecule has 0 unspecified atom stereocenters. The molecule has 1 heterocycles. The Morgan fingerprint density at radius 3 is 2.00 bits per heavy atom. The maximum Gasteiger partial charge on any atom is 0.240 e. The Hall–Kier alpha value is -3.16. The molecule has 1 aliphatic rings. The number of hydrogen-bond donors (Lipinski definition) is 2. The van der Waals surface area contributed by atoms with Crippen molar-refractivity contribution in [3.63, 3.8) is 0 Å². The number of rotatable bonds is 6. The number of carbonyl (C=O) groups excluding carboxylic acids is 1. The summed E-state index contributed by atoms with van der Waals surface area (Å²) in [6.07, 6.45) is 0.0216. The van der Waals surface area contributed by atoms with Gasteiger partial charge in [-0.15, -0.1) is 0 Å². The molecule has 3 aromatic carbocycles. The second-order valence-electron chi connectivity index (χ2n) is 6.64. The van der Waals surface area contributed by atoms with Crippen LogP contribution in [0.5, 0.6) is 11.5 Å². The fourth-order valence-electron chi connectivity index (χ4n) is 3.28. The molecule has 148 valence electrons. The zero-order chi connectivity index (χ0) is 20.3. The minimum atomic E-state index is -3.64. The third kappa shape index (κ3) is 4.16. The largest absolute Gasteiger partial charge is 0.457 e. The van der Waals surface area contributed by atoms with E-state index < -0.39 is 10.0 Å². The summed E-state index contributed by atoms with van der Waals surface area (Å²) in [5.74, 6) is 1.14. The van der Waals surface area contributed by atoms with E-state index in [2.05, 4.69) is 10.0 Å². The average Bonchev–Trinajstić information content (AvgIpc) is 2.74. The van der Waals surface area contributed by atoms with Crippen LogP contribution in [0.2, 0.25) is 0 Å². The van der Waals surface area contributed by atoms with E-state index in [4.69, 9.17) is 4.74 Å². The zero-order valence-corrected chi connectivity index (χ0v) is 16.4. The van der Waals surface area contributed by atoms with Gasteiger partial charge in [0.15, 0.2) is 0 Å². The normalized spacial score (nSPS) is 13.1. The van der Waals surface area contributed by atoms with Crippen molar-refractivity contribution >= 4 is 15.9 Å². The highest BCUT2D eigenvalue weighted by atomic mass is 32.2. The Balaban J connectivity index is 1.44. The zero-order valence-electron chi connectivity index (χ0n) is 15.5. The van der Waals surface area contributed by atoms with Crippen LogP contribution in [0, 0.1) is 0 Å². The Labute approximate surface area is 169 Å². The van der Waals surface area contributed by atoms with Crippen molar-refractivity contribution in [3.05, 3.63) is 90.0 Å². The summed E-state index contributed by atoms with van der Waals surface area (Å²) in [4.78, 5) is 12.7. The van der Waals surface area contributed by atoms with E-state index in [1.165, 1.54) is 12.1 Å². The fourth-order valence-corrected chi connectivity index (χ4v) is 4.33. The molecule has 4 rings (SSSR count). The van der Waals surface area contributed by atoms with Crippen LogP contribution in [0.4, 0.5) is 0 Å². The number of nitrogens with one attached hydrogen (secondary N) is 2. The summed E-state index contributed by atoms with van der Waals surface area (Å²) in [6.45, 7) is 0.00950. The lowest BCUT2D eigenvalue weighted by Crippen LogP contribution is -2.34. The molecule has 0 bridgehead atoms. The molecular weight excluding hydrogens is 388 g/mol. The highest BCUT2D eigenvalue weighted by molar-refractivity contribution is 7.89. The molecule has 0 spiro atoms. The van der Waals surface area contributed by atoms with Crippen LogP contribution in [0.3, 0.4) is 0 Å². The summed E-state index contributed by atoms with van der Waals surface area (Å²) in [7, 11) is -3.64. The van der Waals surface area contributed by atoms with E-state index in [1.54, 1.807) is 18.2 Å². The first-order valence-electron chi connectivity index (χ1n) is 9.24. The number of sulfonamides is 1. The van der Waals surface area contributed by atoms with E-state index >= 15 is 0 Å². The first-order valence-corrected chi connectivity index (χ1v) is 10.7. The number of carbonyl (C=O) groups is 1. The molecule has 1 aliphatic heterocycles. The number of benzene rings is 3. The minimum Gasteiger partial charge on any atom is -0.457 e. The highest BCUT2D eigenvalue weighted by Gasteiger charge is 2.28. The van der Waals surface area contributed by atoms with E-state index in [0.717, 1.165) is 11.1 Å². The van der Waals surface area contributed by atoms with Crippen LogP contribution in [-0.4, -0.2) is 20.9 Å². The van der Waals surface area contributed by atoms with Gasteiger partial charge in [0.1, 0.15) is 11.5 Å². The van der Waals surface area contributed by atoms with Gasteiger partial charge >= 0.3 is 0 Å². The lowest BCUT2D eigenvalue weighted by Gasteiger charge is -2.28. The van der Waals surface area contributed by atoms with Gasteiger partial charge < -0.3 is 10.1 Å². The summed E-state index contributed by atoms with van der Waals surface area (Å²) in [6, 6.07) is 22.8. The second kappa shape index (κ2) is 8.06. The van der Waals surface area contributed by atoms with E-state index in [0.29, 0.717) is 11.5 Å². The van der Waals surface area contributed by atoms with Gasteiger partial charge in [0.25, 0.3) is 0 Å². The van der Waals surface area contributed by atoms with E-state index in [1.807, 2.05) is 48.5 Å². The van der Waals surface area contributed by atoms with Crippen LogP contribution in [0.25, 0.3) is 0 Å². The molecule has 2 N–H and O–H groups in total. The summed E-state index contributed by atoms with van der Waals surface area (Å²) >= 11 is 0. The van der Waals surface area contributed by atoms with E-state index in [9.17, 15) is 13.2 Å². The van der Waals surface area contributed by atoms with Gasteiger partial charge in [-0.1, -0.05) is 54.6 Å². The molecule has 29 heavy (non-hydrogen) atoms. The summed E-state index contributed by atoms with van der Waals surface area (Å²) in [5.41, 5.74) is 1.73. The van der Waals surface area contributed by atoms with Gasteiger partial charge in [0, 0.05) is 24.1 Å². The predicted octanol–water partition coefficient (Wildman–Crippen LogP) is 3.37. The molecule has 0 saturated heterocycles. The molecule has 0 atom stereocenters. The predicted molar refractivity (Wildman–Crippen MR) is 109 cm³/mol. The van der Waals surface area contributed by atoms with Gasteiger partial charge in [0.2, 0.25) is 15.9 Å². The lowest BCUT2D eigenvalue weighted by molar-refractivity contribution is -0.121. The third-order valence-electron chi connectivity index (χ3n) is 4.68. The second-order valence-corrected chi connectivity index (χ2v) is 8.41. The summed E-state index contributed by atoms with van der Waals surface area (Å²) in [5, 5.41) is 3.00. The Bertz CT molecular complexity index is 1080. The highest BCUT2D eigenvalue weighted by Crippen LogP contribution is 2.42. The molecular formula is C22H20N2O4S. The Morgan fingerprint density at radius 1 is 0.828 bits per heavy atom. The van der Waals surface area contributed by atoms with Crippen LogP contribution in [0.1, 0.15) is 23.6 Å². The van der Waals surface area contributed by atoms with Gasteiger partial charge in [-0.05, 0) is 24.3 Å². The molecule has 0 aromatic heterocycles. The molecule has 0 aliphatic carbocycles. The van der Waals surface area contributed by atoms with Crippen molar-refractivity contribution in [3.8, 4) is 11.5 Å². The first kappa shape index (κ1) is 19.2. The monoisotopic (exact) mass is 408 g/mol. The van der Waals surface area contributed by atoms with Crippen molar-refractivity contribution in [1.82, 2.24) is 10.0 Å². The number of fused-ring (bicyclic) bond motifs is 2. The number of amides is 1. The SMILES string of the molecule is O=C(CCNS(=O)(=O)c1ccccc1)NC1c2ccccc2Oc2ccccc21. The smallest absolute Gasteiger partial charge is 0.240 e. The van der Waals surface area contributed by atoms with Crippen LogP contribution < -0.4 is 14.8 Å². The van der Waals surface area contributed by atoms with Crippen molar-refractivity contribution in [2.75, 3.05) is 6.54 Å². The maximum atomic E-state index is 12.6. The van der Waals surface area contributed by atoms with Gasteiger partial charge in [0.05, 0.1) is 10.9 Å². The van der Waals surface area contributed by atoms with Gasteiger partial charge in [-0.25, -0.2) is 13.1 Å². The van der Waals surface area contributed by atoms with Crippen molar-refractivity contribution < 1.29 is 17.9 Å². The molecule has 3 aromatic rings. The maximum absolute atomic E-state index is 12.6. The van der Waals surface area contributed by atoms with Gasteiger partial charge in [-0.2, -0.15) is 0 Å². The molecule has 6 nitrogen and oxygen atoms in total. The van der Waals surface area contributed by atoms with E-state index in [-0.39, 0.29) is 29.8 Å².